The Kier molecular flexibility index (Phi) is 4.68. The predicted octanol–water partition coefficient (Wildman–Crippen LogP) is 3.96. The van der Waals surface area contributed by atoms with E-state index >= 15 is 0 Å². The normalized spacial score (nSPS) is 20.4. The number of hydrogen-bond acceptors (Lipinski definition) is 3. The molecule has 0 spiro atoms. The third-order valence-electron chi connectivity index (χ3n) is 4.12. The van der Waals surface area contributed by atoms with Gasteiger partial charge in [-0.25, -0.2) is 0 Å². The van der Waals surface area contributed by atoms with Crippen LogP contribution in [0.4, 0.5) is 18.9 Å². The molecule has 2 heterocycles. The number of halogens is 3. The van der Waals surface area contributed by atoms with Crippen LogP contribution in [0.3, 0.4) is 0 Å². The van der Waals surface area contributed by atoms with E-state index in [4.69, 9.17) is 5.73 Å². The van der Waals surface area contributed by atoms with Crippen molar-refractivity contribution in [3.63, 3.8) is 0 Å². The number of piperidine rings is 1. The van der Waals surface area contributed by atoms with Gasteiger partial charge in [0, 0.05) is 36.2 Å². The summed E-state index contributed by atoms with van der Waals surface area (Å²) in [7, 11) is 0. The lowest BCUT2D eigenvalue weighted by molar-refractivity contribution is -0.137. The van der Waals surface area contributed by atoms with Gasteiger partial charge in [0.2, 0.25) is 0 Å². The quantitative estimate of drug-likeness (QED) is 0.898. The summed E-state index contributed by atoms with van der Waals surface area (Å²) in [6.07, 6.45) is 0.0300. The topological polar surface area (TPSA) is 42.1 Å². The van der Waals surface area contributed by atoms with Gasteiger partial charge in [-0.15, -0.1) is 0 Å². The van der Waals surface area contributed by atoms with Crippen molar-refractivity contribution >= 4 is 11.4 Å². The van der Waals surface area contributed by atoms with Gasteiger partial charge in [0.05, 0.1) is 11.3 Å². The van der Waals surface area contributed by atoms with E-state index in [0.29, 0.717) is 36.0 Å². The number of hydrogen-bond donors (Lipinski definition) is 1. The van der Waals surface area contributed by atoms with E-state index in [2.05, 4.69) is 11.9 Å². The van der Waals surface area contributed by atoms with Crippen LogP contribution in [0.15, 0.2) is 12.3 Å². The van der Waals surface area contributed by atoms with Crippen molar-refractivity contribution < 1.29 is 13.2 Å². The van der Waals surface area contributed by atoms with Gasteiger partial charge in [-0.2, -0.15) is 13.2 Å². The fourth-order valence-corrected chi connectivity index (χ4v) is 3.01. The fourth-order valence-electron chi connectivity index (χ4n) is 3.01. The first-order valence-electron chi connectivity index (χ1n) is 7.49. The summed E-state index contributed by atoms with van der Waals surface area (Å²) in [6, 6.07) is 0. The molecule has 0 aliphatic carbocycles. The van der Waals surface area contributed by atoms with Crippen molar-refractivity contribution in [3.05, 3.63) is 29.1 Å². The zero-order valence-corrected chi connectivity index (χ0v) is 13.2. The third-order valence-corrected chi connectivity index (χ3v) is 4.12. The van der Waals surface area contributed by atoms with Crippen LogP contribution in [0.25, 0.3) is 5.70 Å². The average molecular weight is 313 g/mol. The van der Waals surface area contributed by atoms with Gasteiger partial charge in [-0.05, 0) is 32.6 Å². The summed E-state index contributed by atoms with van der Waals surface area (Å²) in [6.45, 7) is 6.70. The maximum absolute atomic E-state index is 13.5. The van der Waals surface area contributed by atoms with Gasteiger partial charge in [0.1, 0.15) is 0 Å². The van der Waals surface area contributed by atoms with Crippen molar-refractivity contribution in [2.24, 2.45) is 11.7 Å². The van der Waals surface area contributed by atoms with Crippen molar-refractivity contribution in [2.45, 2.75) is 39.8 Å². The van der Waals surface area contributed by atoms with Crippen molar-refractivity contribution in [2.75, 3.05) is 18.0 Å². The molecule has 0 unspecified atom stereocenters. The molecule has 3 nitrogen and oxygen atoms in total. The predicted molar refractivity (Wildman–Crippen MR) is 82.4 cm³/mol. The Morgan fingerprint density at radius 2 is 2.14 bits per heavy atom. The molecule has 1 fully saturated rings. The van der Waals surface area contributed by atoms with Crippen LogP contribution in [0.5, 0.6) is 0 Å². The molecule has 1 aromatic rings. The minimum absolute atomic E-state index is 0.183. The van der Waals surface area contributed by atoms with Gasteiger partial charge < -0.3 is 10.6 Å². The van der Waals surface area contributed by atoms with E-state index < -0.39 is 11.7 Å². The summed E-state index contributed by atoms with van der Waals surface area (Å²) in [5, 5.41) is 0. The fraction of sp³-hybridized carbons (Fsp3) is 0.562. The van der Waals surface area contributed by atoms with Gasteiger partial charge in [0.25, 0.3) is 0 Å². The molecule has 22 heavy (non-hydrogen) atoms. The molecule has 2 N–H and O–H groups in total. The van der Waals surface area contributed by atoms with Crippen LogP contribution in [0, 0.1) is 12.8 Å². The molecular formula is C16H22F3N3. The Bertz CT molecular complexity index is 579. The molecule has 6 heteroatoms. The minimum atomic E-state index is -4.44. The third kappa shape index (κ3) is 3.20. The number of nitrogens with two attached hydrogens (primary N) is 1. The number of rotatable bonds is 2. The van der Waals surface area contributed by atoms with E-state index in [9.17, 15) is 13.2 Å². The first-order chi connectivity index (χ1) is 10.3. The van der Waals surface area contributed by atoms with Gasteiger partial charge in [-0.3, -0.25) is 4.98 Å². The van der Waals surface area contributed by atoms with Gasteiger partial charge in [-0.1, -0.05) is 13.0 Å². The van der Waals surface area contributed by atoms with E-state index in [1.807, 2.05) is 4.90 Å². The monoisotopic (exact) mass is 313 g/mol. The minimum Gasteiger partial charge on any atom is -0.398 e. The highest BCUT2D eigenvalue weighted by Gasteiger charge is 2.38. The zero-order valence-electron chi connectivity index (χ0n) is 13.2. The van der Waals surface area contributed by atoms with Crippen LogP contribution in [0.2, 0.25) is 0 Å². The molecule has 0 saturated carbocycles. The lowest BCUT2D eigenvalue weighted by Gasteiger charge is -2.36. The second-order valence-corrected chi connectivity index (χ2v) is 5.92. The standard InChI is InChI=1S/C16H22F3N3/c1-4-13(20)14-11(3)21-8-12(16(17,18)19)15(14)22-7-5-6-10(2)9-22/h4,8,10H,5-7,9,20H2,1-3H3/b13-4+/t10-/m1/s1. The summed E-state index contributed by atoms with van der Waals surface area (Å²) in [5.74, 6) is 0.364. The number of aryl methyl sites for hydroxylation is 1. The Morgan fingerprint density at radius 3 is 2.68 bits per heavy atom. The first kappa shape index (κ1) is 16.6. The molecule has 1 aromatic heterocycles. The highest BCUT2D eigenvalue weighted by Crippen LogP contribution is 2.41. The van der Waals surface area contributed by atoms with E-state index in [-0.39, 0.29) is 5.69 Å². The molecule has 1 saturated heterocycles. The SMILES string of the molecule is C/C=C(/N)c1c(C)ncc(C(F)(F)F)c1N1CCC[C@@H](C)C1. The molecule has 2 rings (SSSR count). The number of allylic oxidation sites excluding steroid dienone is 1. The molecule has 0 amide bonds. The Balaban J connectivity index is 2.67. The van der Waals surface area contributed by atoms with Crippen molar-refractivity contribution in [1.29, 1.82) is 0 Å². The van der Waals surface area contributed by atoms with E-state index in [0.717, 1.165) is 19.0 Å². The maximum Gasteiger partial charge on any atom is 0.419 e. The summed E-state index contributed by atoms with van der Waals surface area (Å²) < 4.78 is 40.4. The smallest absolute Gasteiger partial charge is 0.398 e. The average Bonchev–Trinajstić information content (AvgIpc) is 2.44. The second-order valence-electron chi connectivity index (χ2n) is 5.92. The lowest BCUT2D eigenvalue weighted by atomic mass is 9.96. The van der Waals surface area contributed by atoms with Crippen LogP contribution in [0.1, 0.15) is 43.5 Å². The highest BCUT2D eigenvalue weighted by molar-refractivity contribution is 5.79. The Hall–Kier alpha value is -1.72. The maximum atomic E-state index is 13.5. The number of anilines is 1. The van der Waals surface area contributed by atoms with Gasteiger partial charge in [0.15, 0.2) is 0 Å². The van der Waals surface area contributed by atoms with Crippen LogP contribution < -0.4 is 10.6 Å². The number of alkyl halides is 3. The summed E-state index contributed by atoms with van der Waals surface area (Å²) >= 11 is 0. The first-order valence-corrected chi connectivity index (χ1v) is 7.49. The molecule has 1 atom stereocenters. The lowest BCUT2D eigenvalue weighted by Crippen LogP contribution is -2.36. The zero-order chi connectivity index (χ0) is 16.5. The van der Waals surface area contributed by atoms with E-state index in [1.165, 1.54) is 0 Å². The largest absolute Gasteiger partial charge is 0.419 e. The second kappa shape index (κ2) is 6.18. The van der Waals surface area contributed by atoms with Crippen LogP contribution in [-0.2, 0) is 6.18 Å². The summed E-state index contributed by atoms with van der Waals surface area (Å²) in [4.78, 5) is 5.74. The Labute approximate surface area is 129 Å². The molecule has 0 radical (unpaired) electrons. The van der Waals surface area contributed by atoms with Crippen LogP contribution in [-0.4, -0.2) is 18.1 Å². The molecule has 0 bridgehead atoms. The van der Waals surface area contributed by atoms with Crippen LogP contribution >= 0.6 is 0 Å². The number of pyridine rings is 1. The summed E-state index contributed by atoms with van der Waals surface area (Å²) in [5.41, 5.74) is 6.73. The van der Waals surface area contributed by atoms with Crippen molar-refractivity contribution in [1.82, 2.24) is 4.98 Å². The van der Waals surface area contributed by atoms with E-state index in [1.54, 1.807) is 19.9 Å². The van der Waals surface area contributed by atoms with Gasteiger partial charge >= 0.3 is 6.18 Å². The molecule has 1 aliphatic heterocycles. The molecule has 1 aliphatic rings. The molecule has 122 valence electrons. The number of aromatic nitrogens is 1. The highest BCUT2D eigenvalue weighted by atomic mass is 19.4. The van der Waals surface area contributed by atoms with Crippen molar-refractivity contribution in [3.8, 4) is 0 Å². The molecule has 0 aromatic carbocycles. The molecular weight excluding hydrogens is 291 g/mol. The number of nitrogens with zero attached hydrogens (tertiary/aromatic N) is 2. The Morgan fingerprint density at radius 1 is 1.45 bits per heavy atom.